The lowest BCUT2D eigenvalue weighted by atomic mass is 9.75. The molecule has 1 unspecified atom stereocenters. The van der Waals surface area contributed by atoms with Crippen LogP contribution in [-0.4, -0.2) is 47.3 Å². The number of alkyl carbamates (subject to hydrolysis) is 1. The van der Waals surface area contributed by atoms with Gasteiger partial charge in [-0.25, -0.2) is 22.9 Å². The van der Waals surface area contributed by atoms with Gasteiger partial charge in [-0.2, -0.15) is 0 Å². The fraction of sp³-hybridized carbons (Fsp3) is 0.306. The molecule has 1 aliphatic rings. The molecule has 0 saturated heterocycles. The van der Waals surface area contributed by atoms with Crippen LogP contribution in [0.4, 0.5) is 18.0 Å². The van der Waals surface area contributed by atoms with Crippen molar-refractivity contribution in [1.29, 1.82) is 0 Å². The van der Waals surface area contributed by atoms with Crippen LogP contribution in [0.2, 0.25) is 0 Å². The van der Waals surface area contributed by atoms with E-state index in [9.17, 15) is 9.59 Å². The second-order valence-corrected chi connectivity index (χ2v) is 12.0. The largest absolute Gasteiger partial charge is 0.469 e. The zero-order chi connectivity index (χ0) is 33.8. The Hall–Kier alpha value is -5.26. The van der Waals surface area contributed by atoms with Crippen LogP contribution in [0.15, 0.2) is 60.9 Å². The monoisotopic (exact) mass is 660 g/mol. The van der Waals surface area contributed by atoms with Crippen molar-refractivity contribution in [2.75, 3.05) is 20.3 Å². The number of hydrogen-bond acceptors (Lipinski definition) is 6. The average molecular weight is 661 g/mol. The van der Waals surface area contributed by atoms with E-state index in [1.807, 2.05) is 6.92 Å². The Kier molecular flexibility index (Phi) is 9.42. The van der Waals surface area contributed by atoms with Crippen LogP contribution >= 0.6 is 0 Å². The molecule has 0 fully saturated rings. The first-order valence-electron chi connectivity index (χ1n) is 15.7. The van der Waals surface area contributed by atoms with Crippen LogP contribution in [0.1, 0.15) is 55.0 Å². The minimum Gasteiger partial charge on any atom is -0.469 e. The molecule has 6 rings (SSSR count). The second-order valence-electron chi connectivity index (χ2n) is 12.0. The smallest absolute Gasteiger partial charge is 0.407 e. The van der Waals surface area contributed by atoms with E-state index in [0.717, 1.165) is 0 Å². The molecular weight excluding hydrogens is 625 g/mol. The number of hydrogen-bond donors (Lipinski definition) is 3. The molecule has 9 nitrogen and oxygen atoms in total. The summed E-state index contributed by atoms with van der Waals surface area (Å²) in [4.78, 5) is 35.0. The number of nitrogens with one attached hydrogen (secondary N) is 3. The van der Waals surface area contributed by atoms with Gasteiger partial charge in [0.15, 0.2) is 11.6 Å². The number of ether oxygens (including phenoxy) is 3. The van der Waals surface area contributed by atoms with Gasteiger partial charge in [-0.1, -0.05) is 18.2 Å². The second kappa shape index (κ2) is 13.8. The molecule has 4 bridgehead atoms. The maximum atomic E-state index is 16.2. The van der Waals surface area contributed by atoms with Crippen LogP contribution in [0.3, 0.4) is 0 Å². The Morgan fingerprint density at radius 1 is 1.08 bits per heavy atom. The molecule has 1 amide bonds. The van der Waals surface area contributed by atoms with Gasteiger partial charge in [0.2, 0.25) is 0 Å². The highest BCUT2D eigenvalue weighted by atomic mass is 19.1. The maximum absolute atomic E-state index is 16.2. The van der Waals surface area contributed by atoms with Crippen molar-refractivity contribution in [2.45, 2.75) is 50.9 Å². The lowest BCUT2D eigenvalue weighted by Crippen LogP contribution is -2.28. The van der Waals surface area contributed by atoms with Gasteiger partial charge in [0, 0.05) is 59.0 Å². The highest BCUT2D eigenvalue weighted by Crippen LogP contribution is 2.40. The summed E-state index contributed by atoms with van der Waals surface area (Å²) in [5, 5.41) is 3.43. The summed E-state index contributed by atoms with van der Waals surface area (Å²) in [6, 6.07) is 12.2. The number of nitrogens with zero attached hydrogens (tertiary/aromatic N) is 1. The van der Waals surface area contributed by atoms with Gasteiger partial charge in [-0.3, -0.25) is 4.79 Å². The molecule has 5 aromatic rings. The topological polar surface area (TPSA) is 118 Å². The summed E-state index contributed by atoms with van der Waals surface area (Å²) in [6.07, 6.45) is 4.45. The van der Waals surface area contributed by atoms with Crippen molar-refractivity contribution in [1.82, 2.24) is 20.3 Å². The molecule has 1 atom stereocenters. The quantitative estimate of drug-likeness (QED) is 0.171. The normalized spacial score (nSPS) is 17.2. The number of amides is 1. The first-order valence-corrected chi connectivity index (χ1v) is 15.7. The molecule has 1 aliphatic heterocycles. The van der Waals surface area contributed by atoms with Gasteiger partial charge in [0.05, 0.1) is 19.3 Å². The molecule has 2 aromatic heterocycles. The van der Waals surface area contributed by atoms with Crippen LogP contribution in [-0.2, 0) is 32.5 Å². The number of fused-ring (bicyclic) bond motifs is 8. The minimum atomic E-state index is -0.976. The van der Waals surface area contributed by atoms with E-state index < -0.39 is 34.9 Å². The maximum Gasteiger partial charge on any atom is 0.407 e. The van der Waals surface area contributed by atoms with E-state index in [1.165, 1.54) is 31.4 Å². The summed E-state index contributed by atoms with van der Waals surface area (Å²) in [5.74, 6) is -1.84. The standard InChI is InChI=1S/C36H35F3N4O5/c1-36(26-7-5-6-21(32(26)39)8-11-31(44)46-2)14-3-4-17-47-35(45)41-16-13-24-23-12-15-40-29(23)19-28(38)33(24)48-22-9-10-27(37)25(18-22)34-42-20-30(36)43-34/h5-7,9-10,12,15,18-20,40H,3-4,8,11,13-14,16-17H2,1-2H3,(H,41,45)(H,42,43). The van der Waals surface area contributed by atoms with Crippen molar-refractivity contribution in [3.05, 3.63) is 101 Å². The van der Waals surface area contributed by atoms with Crippen LogP contribution in [0.5, 0.6) is 11.5 Å². The first-order chi connectivity index (χ1) is 23.2. The fourth-order valence-electron chi connectivity index (χ4n) is 6.23. The number of rotatable bonds is 4. The Bertz CT molecular complexity index is 1970. The summed E-state index contributed by atoms with van der Waals surface area (Å²) < 4.78 is 63.2. The number of halogens is 3. The summed E-state index contributed by atoms with van der Waals surface area (Å²) in [7, 11) is 1.28. The number of H-pyrrole nitrogens is 2. The van der Waals surface area contributed by atoms with Gasteiger partial charge >= 0.3 is 12.1 Å². The highest BCUT2D eigenvalue weighted by Gasteiger charge is 2.34. The first kappa shape index (κ1) is 32.7. The summed E-state index contributed by atoms with van der Waals surface area (Å²) >= 11 is 0. The molecule has 12 heteroatoms. The molecular formula is C36H35F3N4O5. The van der Waals surface area contributed by atoms with Gasteiger partial charge in [-0.05, 0) is 74.4 Å². The average Bonchev–Trinajstić information content (AvgIpc) is 3.76. The van der Waals surface area contributed by atoms with Gasteiger partial charge < -0.3 is 29.5 Å². The van der Waals surface area contributed by atoms with Crippen molar-refractivity contribution in [3.63, 3.8) is 0 Å². The number of carbonyl (C=O) groups excluding carboxylic acids is 2. The number of esters is 1. The van der Waals surface area contributed by atoms with E-state index in [4.69, 9.17) is 14.2 Å². The number of aromatic nitrogens is 3. The molecule has 3 aromatic carbocycles. The van der Waals surface area contributed by atoms with Gasteiger partial charge in [0.25, 0.3) is 0 Å². The molecule has 48 heavy (non-hydrogen) atoms. The predicted molar refractivity (Wildman–Crippen MR) is 172 cm³/mol. The van der Waals surface area contributed by atoms with Gasteiger partial charge in [-0.15, -0.1) is 0 Å². The Morgan fingerprint density at radius 3 is 2.77 bits per heavy atom. The molecule has 3 heterocycles. The molecule has 0 saturated carbocycles. The molecule has 250 valence electrons. The van der Waals surface area contributed by atoms with E-state index in [2.05, 4.69) is 20.3 Å². The zero-order valence-electron chi connectivity index (χ0n) is 26.6. The Morgan fingerprint density at radius 2 is 1.94 bits per heavy atom. The zero-order valence-corrected chi connectivity index (χ0v) is 26.6. The SMILES string of the molecule is COC(=O)CCc1cccc(C2(C)CCCCOC(=O)NCCc3c(c(F)cc4[nH]ccc34)Oc3ccc(F)c(c3)-c3ncc2[nH]3)c1F. The minimum absolute atomic E-state index is 0.0172. The number of cyclic esters (lactones) is 1. The molecule has 3 N–H and O–H groups in total. The predicted octanol–water partition coefficient (Wildman–Crippen LogP) is 7.63. The number of imidazole rings is 1. The number of carbonyl (C=O) groups is 2. The van der Waals surface area contributed by atoms with Crippen molar-refractivity contribution in [2.24, 2.45) is 0 Å². The number of aromatic amines is 2. The molecule has 0 aliphatic carbocycles. The van der Waals surface area contributed by atoms with Crippen molar-refractivity contribution >= 4 is 23.0 Å². The van der Waals surface area contributed by atoms with E-state index in [1.54, 1.807) is 36.7 Å². The van der Waals surface area contributed by atoms with Crippen LogP contribution in [0.25, 0.3) is 22.3 Å². The third-order valence-electron chi connectivity index (χ3n) is 8.90. The van der Waals surface area contributed by atoms with Crippen molar-refractivity contribution in [3.8, 4) is 22.9 Å². The van der Waals surface area contributed by atoms with Crippen molar-refractivity contribution < 1.29 is 37.0 Å². The third kappa shape index (κ3) is 6.60. The highest BCUT2D eigenvalue weighted by molar-refractivity contribution is 5.86. The van der Waals surface area contributed by atoms with Crippen LogP contribution < -0.4 is 10.1 Å². The number of methoxy groups -OCH3 is 1. The fourth-order valence-corrected chi connectivity index (χ4v) is 6.23. The molecule has 0 spiro atoms. The number of aryl methyl sites for hydroxylation is 1. The van der Waals surface area contributed by atoms with Crippen LogP contribution in [0, 0.1) is 17.5 Å². The Labute approximate surface area is 274 Å². The third-order valence-corrected chi connectivity index (χ3v) is 8.90. The van der Waals surface area contributed by atoms with E-state index >= 15 is 13.2 Å². The number of benzene rings is 3. The van der Waals surface area contributed by atoms with E-state index in [-0.39, 0.29) is 55.3 Å². The van der Waals surface area contributed by atoms with Gasteiger partial charge in [0.1, 0.15) is 23.2 Å². The lowest BCUT2D eigenvalue weighted by molar-refractivity contribution is -0.140. The molecule has 0 radical (unpaired) electrons. The summed E-state index contributed by atoms with van der Waals surface area (Å²) in [5.41, 5.74) is 1.43. The van der Waals surface area contributed by atoms with E-state index in [0.29, 0.717) is 52.5 Å². The summed E-state index contributed by atoms with van der Waals surface area (Å²) in [6.45, 7) is 2.12. The lowest BCUT2D eigenvalue weighted by Gasteiger charge is -2.30. The Balaban J connectivity index is 1.42.